The molecule has 0 saturated carbocycles. The van der Waals surface area contributed by atoms with Gasteiger partial charge in [-0.3, -0.25) is 24.4 Å². The monoisotopic (exact) mass is 825 g/mol. The Kier molecular flexibility index (Phi) is 18.8. The van der Waals surface area contributed by atoms with Gasteiger partial charge in [0.2, 0.25) is 12.3 Å². The smallest absolute Gasteiger partial charge is 0.405 e. The van der Waals surface area contributed by atoms with Crippen molar-refractivity contribution in [1.82, 2.24) is 20.1 Å². The minimum atomic E-state index is -4.29. The fourth-order valence-corrected chi connectivity index (χ4v) is 6.30. The highest BCUT2D eigenvalue weighted by Crippen LogP contribution is 2.25. The summed E-state index contributed by atoms with van der Waals surface area (Å²) in [6, 6.07) is 27.5. The lowest BCUT2D eigenvalue weighted by atomic mass is 9.98. The van der Waals surface area contributed by atoms with Gasteiger partial charge >= 0.3 is 6.18 Å². The molecular formula is C43H51ClF3N5O6. The lowest BCUT2D eigenvalue weighted by Gasteiger charge is -2.35. The molecule has 4 N–H and O–H groups in total. The Morgan fingerprint density at radius 1 is 0.966 bits per heavy atom. The van der Waals surface area contributed by atoms with E-state index in [2.05, 4.69) is 26.9 Å². The van der Waals surface area contributed by atoms with Crippen molar-refractivity contribution in [3.8, 4) is 28.4 Å². The molecule has 7 rings (SSSR count). The molecule has 2 aliphatic rings. The molecule has 11 nitrogen and oxygen atoms in total. The number of hydrogen-bond acceptors (Lipinski definition) is 9. The molecular weight excluding hydrogens is 775 g/mol. The Balaban J connectivity index is 0.000000207. The third-order valence-electron chi connectivity index (χ3n) is 9.23. The minimum absolute atomic E-state index is 0.00743. The van der Waals surface area contributed by atoms with Crippen LogP contribution in [0.1, 0.15) is 37.5 Å². The van der Waals surface area contributed by atoms with Gasteiger partial charge in [-0.1, -0.05) is 36.7 Å². The first-order chi connectivity index (χ1) is 27.9. The summed E-state index contributed by atoms with van der Waals surface area (Å²) < 4.78 is 49.7. The fourth-order valence-electron chi connectivity index (χ4n) is 6.17. The van der Waals surface area contributed by atoms with Crippen LogP contribution in [-0.2, 0) is 22.6 Å². The van der Waals surface area contributed by atoms with E-state index in [4.69, 9.17) is 30.9 Å². The van der Waals surface area contributed by atoms with Gasteiger partial charge in [-0.15, -0.1) is 0 Å². The maximum atomic E-state index is 11.4. The van der Waals surface area contributed by atoms with E-state index in [0.29, 0.717) is 24.4 Å². The number of ether oxygens (including phenoxy) is 1. The Bertz CT molecular complexity index is 1880. The van der Waals surface area contributed by atoms with Crippen molar-refractivity contribution in [3.05, 3.63) is 120 Å². The van der Waals surface area contributed by atoms with Crippen LogP contribution in [-0.4, -0.2) is 90.4 Å². The number of nitrogens with zero attached hydrogens (tertiary/aromatic N) is 3. The van der Waals surface area contributed by atoms with Crippen LogP contribution in [0.5, 0.6) is 5.75 Å². The number of benzene rings is 2. The highest BCUT2D eigenvalue weighted by Gasteiger charge is 2.26. The summed E-state index contributed by atoms with van der Waals surface area (Å²) in [5, 5.41) is 12.5. The normalized spacial score (nSPS) is 15.0. The van der Waals surface area contributed by atoms with E-state index in [-0.39, 0.29) is 18.2 Å². The van der Waals surface area contributed by atoms with Crippen molar-refractivity contribution in [2.75, 3.05) is 45.9 Å². The molecule has 2 amide bonds. The molecule has 3 aromatic heterocycles. The second-order valence-corrected chi connectivity index (χ2v) is 14.1. The van der Waals surface area contributed by atoms with Crippen molar-refractivity contribution in [1.29, 1.82) is 0 Å². The van der Waals surface area contributed by atoms with Crippen molar-refractivity contribution in [2.45, 2.75) is 51.4 Å². The summed E-state index contributed by atoms with van der Waals surface area (Å²) >= 11 is 5.94. The van der Waals surface area contributed by atoms with E-state index in [1.54, 1.807) is 18.7 Å². The SMILES string of the molecule is CCC(C[C@H](O)CN1CCN(Cc2ccc(-c3ccc(Cl)cc3)o2)CC1)C(N)=O.O=CNCC(F)(F)F.c1ccc2c(c1)CCCO2.c1cncc(-c2ccco2)c1. The van der Waals surface area contributed by atoms with Crippen molar-refractivity contribution < 1.29 is 41.4 Å². The zero-order valence-corrected chi connectivity index (χ0v) is 33.2. The lowest BCUT2D eigenvalue weighted by Crippen LogP contribution is -2.48. The van der Waals surface area contributed by atoms with Gasteiger partial charge in [0, 0.05) is 67.2 Å². The first-order valence-electron chi connectivity index (χ1n) is 19.1. The summed E-state index contributed by atoms with van der Waals surface area (Å²) in [7, 11) is 0. The van der Waals surface area contributed by atoms with Gasteiger partial charge in [0.1, 0.15) is 29.6 Å². The Morgan fingerprint density at radius 3 is 2.31 bits per heavy atom. The largest absolute Gasteiger partial charge is 0.493 e. The van der Waals surface area contributed by atoms with Gasteiger partial charge in [-0.05, 0) is 98.0 Å². The fraction of sp³-hybridized carbons (Fsp3) is 0.372. The number of pyridine rings is 1. The number of aliphatic hydroxyl groups excluding tert-OH is 1. The van der Waals surface area contributed by atoms with E-state index in [9.17, 15) is 27.9 Å². The number of amides is 2. The molecule has 5 heterocycles. The highest BCUT2D eigenvalue weighted by molar-refractivity contribution is 6.30. The van der Waals surface area contributed by atoms with Crippen LogP contribution in [0.25, 0.3) is 22.6 Å². The first kappa shape index (κ1) is 45.6. The summed E-state index contributed by atoms with van der Waals surface area (Å²) in [6.45, 7) is 6.50. The van der Waals surface area contributed by atoms with Gasteiger partial charge in [0.25, 0.3) is 0 Å². The number of para-hydroxylation sites is 1. The molecule has 2 aliphatic heterocycles. The molecule has 5 aromatic rings. The number of fused-ring (bicyclic) bond motifs is 1. The second-order valence-electron chi connectivity index (χ2n) is 13.6. The molecule has 2 atom stereocenters. The van der Waals surface area contributed by atoms with E-state index >= 15 is 0 Å². The summed E-state index contributed by atoms with van der Waals surface area (Å²) in [4.78, 5) is 29.2. The number of hydrogen-bond donors (Lipinski definition) is 3. The van der Waals surface area contributed by atoms with Crippen LogP contribution in [0.3, 0.4) is 0 Å². The number of nitrogens with two attached hydrogens (primary N) is 1. The van der Waals surface area contributed by atoms with Crippen LogP contribution in [0.2, 0.25) is 5.02 Å². The van der Waals surface area contributed by atoms with Gasteiger partial charge in [-0.25, -0.2) is 0 Å². The number of aliphatic hydroxyl groups is 1. The van der Waals surface area contributed by atoms with Crippen LogP contribution in [0, 0.1) is 5.92 Å². The number of rotatable bonds is 12. The van der Waals surface area contributed by atoms with E-state index in [1.165, 1.54) is 17.3 Å². The average Bonchev–Trinajstić information content (AvgIpc) is 3.95. The molecule has 312 valence electrons. The number of primary amides is 1. The second kappa shape index (κ2) is 23.9. The number of nitrogens with one attached hydrogen (secondary N) is 1. The summed E-state index contributed by atoms with van der Waals surface area (Å²) in [6.07, 6.45) is 3.81. The molecule has 1 unspecified atom stereocenters. The van der Waals surface area contributed by atoms with Crippen molar-refractivity contribution >= 4 is 23.9 Å². The predicted octanol–water partition coefficient (Wildman–Crippen LogP) is 7.63. The third kappa shape index (κ3) is 16.4. The van der Waals surface area contributed by atoms with E-state index in [1.807, 2.05) is 79.7 Å². The summed E-state index contributed by atoms with van der Waals surface area (Å²) in [5.74, 6) is 3.15. The first-order valence-corrected chi connectivity index (χ1v) is 19.5. The van der Waals surface area contributed by atoms with Crippen LogP contribution in [0.4, 0.5) is 13.2 Å². The lowest BCUT2D eigenvalue weighted by molar-refractivity contribution is -0.132. The molecule has 0 aliphatic carbocycles. The number of halogens is 4. The number of alkyl halides is 3. The highest BCUT2D eigenvalue weighted by atomic mass is 35.5. The molecule has 2 aromatic carbocycles. The standard InChI is InChI=1S/C22H30ClN3O3.C9H7NO.C9H10O.C3H4F3NO/c1-2-16(22(24)28)13-19(27)14-25-9-11-26(12-10-25)15-20-7-8-21(29-20)17-3-5-18(23)6-4-17;1-3-8(7-10-5-1)9-4-2-6-11-9;1-2-6-9-8(4-1)5-3-7-10-9;4-3(5,6)1-7-2-8/h3-8,16,19,27H,2,9-15H2,1H3,(H2,24,28);1-7H;1-2,4,6H,3,5,7H2;2H,1H2,(H,7,8)/t16?,19-;;;/m0.../s1. The number of aromatic nitrogens is 1. The molecule has 0 bridgehead atoms. The van der Waals surface area contributed by atoms with Crippen LogP contribution in [0.15, 0.2) is 112 Å². The molecule has 1 fully saturated rings. The van der Waals surface area contributed by atoms with Gasteiger partial charge in [-0.2, -0.15) is 13.2 Å². The zero-order chi connectivity index (χ0) is 41.8. The van der Waals surface area contributed by atoms with Gasteiger partial charge in [0.05, 0.1) is 25.5 Å². The molecule has 58 heavy (non-hydrogen) atoms. The number of carbonyl (C=O) groups excluding carboxylic acids is 2. The van der Waals surface area contributed by atoms with Gasteiger partial charge in [0.15, 0.2) is 0 Å². The number of carbonyl (C=O) groups is 2. The maximum absolute atomic E-state index is 11.4. The number of aryl methyl sites for hydroxylation is 1. The average molecular weight is 826 g/mol. The maximum Gasteiger partial charge on any atom is 0.405 e. The Hall–Kier alpha value is -5.15. The number of piperazine rings is 1. The molecule has 0 radical (unpaired) electrons. The molecule has 15 heteroatoms. The van der Waals surface area contributed by atoms with Crippen molar-refractivity contribution in [2.24, 2.45) is 11.7 Å². The summed E-state index contributed by atoms with van der Waals surface area (Å²) in [5.41, 5.74) is 8.76. The molecule has 0 spiro atoms. The Morgan fingerprint density at radius 2 is 1.71 bits per heavy atom. The Labute approximate surface area is 341 Å². The zero-order valence-electron chi connectivity index (χ0n) is 32.5. The quantitative estimate of drug-likeness (QED) is 0.108. The topological polar surface area (TPSA) is 147 Å². The third-order valence-corrected chi connectivity index (χ3v) is 9.48. The molecule has 1 saturated heterocycles. The van der Waals surface area contributed by atoms with E-state index < -0.39 is 18.8 Å². The van der Waals surface area contributed by atoms with Crippen LogP contribution >= 0.6 is 11.6 Å². The van der Waals surface area contributed by atoms with E-state index in [0.717, 1.165) is 79.9 Å². The van der Waals surface area contributed by atoms with Crippen LogP contribution < -0.4 is 15.8 Å². The van der Waals surface area contributed by atoms with Gasteiger partial charge < -0.3 is 29.7 Å². The predicted molar refractivity (Wildman–Crippen MR) is 217 cm³/mol. The van der Waals surface area contributed by atoms with Crippen molar-refractivity contribution in [3.63, 3.8) is 0 Å². The number of furan rings is 2. The number of β-amino-alcohol motifs (C(OH)–C–C–N with tert-alkyl or cyclic N) is 1. The minimum Gasteiger partial charge on any atom is -0.493 e.